The number of methoxy groups -OCH3 is 1. The Morgan fingerprint density at radius 2 is 1.69 bits per heavy atom. The molecule has 0 aliphatic rings. The average Bonchev–Trinajstić information content (AvgIpc) is 2.76. The first-order valence-electron chi connectivity index (χ1n) is 9.41. The largest absolute Gasteiger partial charge is 0.492 e. The van der Waals surface area contributed by atoms with Gasteiger partial charge >= 0.3 is 0 Å². The van der Waals surface area contributed by atoms with Gasteiger partial charge in [-0.25, -0.2) is 4.98 Å². The molecule has 3 aromatic rings. The van der Waals surface area contributed by atoms with E-state index >= 15 is 0 Å². The van der Waals surface area contributed by atoms with Gasteiger partial charge in [-0.1, -0.05) is 48.5 Å². The molecule has 0 unspecified atom stereocenters. The molecule has 0 saturated carbocycles. The quantitative estimate of drug-likeness (QED) is 0.524. The van der Waals surface area contributed by atoms with Crippen LogP contribution in [0.15, 0.2) is 72.9 Å². The monoisotopic (exact) mass is 392 g/mol. The first-order valence-corrected chi connectivity index (χ1v) is 9.41. The lowest BCUT2D eigenvalue weighted by Crippen LogP contribution is -2.15. The van der Waals surface area contributed by atoms with Crippen molar-refractivity contribution in [3.05, 3.63) is 72.9 Å². The standard InChI is InChI=1S/C23H24N2O4/c1-27-15-16-29-23-12-11-19(17-24-23)25-22(26)13-14-28-21-10-6-5-9-20(21)18-7-3-2-4-8-18/h2-12,17H,13-16H2,1H3,(H,25,26). The van der Waals surface area contributed by atoms with Gasteiger partial charge in [0.25, 0.3) is 0 Å². The number of anilines is 1. The molecule has 3 rings (SSSR count). The van der Waals surface area contributed by atoms with Crippen LogP contribution >= 0.6 is 0 Å². The predicted molar refractivity (Wildman–Crippen MR) is 112 cm³/mol. The molecule has 0 atom stereocenters. The fourth-order valence-electron chi connectivity index (χ4n) is 2.70. The van der Waals surface area contributed by atoms with Crippen molar-refractivity contribution in [2.75, 3.05) is 32.2 Å². The number of nitrogens with zero attached hydrogens (tertiary/aromatic N) is 1. The molecule has 1 heterocycles. The van der Waals surface area contributed by atoms with Crippen LogP contribution in [0.2, 0.25) is 0 Å². The van der Waals surface area contributed by atoms with Crippen LogP contribution in [0.4, 0.5) is 5.69 Å². The van der Waals surface area contributed by atoms with Crippen molar-refractivity contribution in [2.24, 2.45) is 0 Å². The number of amides is 1. The number of benzene rings is 2. The van der Waals surface area contributed by atoms with Crippen molar-refractivity contribution in [2.45, 2.75) is 6.42 Å². The van der Waals surface area contributed by atoms with Gasteiger partial charge in [-0.05, 0) is 17.7 Å². The normalized spacial score (nSPS) is 10.4. The summed E-state index contributed by atoms with van der Waals surface area (Å²) in [7, 11) is 1.61. The molecule has 0 spiro atoms. The van der Waals surface area contributed by atoms with E-state index in [2.05, 4.69) is 10.3 Å². The van der Waals surface area contributed by atoms with Crippen LogP contribution in [0.1, 0.15) is 6.42 Å². The molecule has 0 aliphatic heterocycles. The van der Waals surface area contributed by atoms with Crippen molar-refractivity contribution >= 4 is 11.6 Å². The fourth-order valence-corrected chi connectivity index (χ4v) is 2.70. The molecule has 0 aliphatic carbocycles. The number of pyridine rings is 1. The van der Waals surface area contributed by atoms with E-state index in [0.29, 0.717) is 24.8 Å². The highest BCUT2D eigenvalue weighted by Crippen LogP contribution is 2.29. The maximum Gasteiger partial charge on any atom is 0.227 e. The van der Waals surface area contributed by atoms with Crippen LogP contribution in [0.25, 0.3) is 11.1 Å². The Balaban J connectivity index is 1.48. The summed E-state index contributed by atoms with van der Waals surface area (Å²) in [6, 6.07) is 21.3. The van der Waals surface area contributed by atoms with Crippen LogP contribution in [-0.4, -0.2) is 37.8 Å². The molecule has 1 amide bonds. The third kappa shape index (κ3) is 6.33. The van der Waals surface area contributed by atoms with Crippen molar-refractivity contribution in [1.29, 1.82) is 0 Å². The summed E-state index contributed by atoms with van der Waals surface area (Å²) in [6.45, 7) is 1.20. The molecule has 1 aromatic heterocycles. The van der Waals surface area contributed by atoms with Gasteiger partial charge in [0.05, 0.1) is 31.5 Å². The lowest BCUT2D eigenvalue weighted by atomic mass is 10.1. The Bertz CT molecular complexity index is 898. The Morgan fingerprint density at radius 1 is 0.897 bits per heavy atom. The average molecular weight is 392 g/mol. The molecule has 0 bridgehead atoms. The minimum absolute atomic E-state index is 0.142. The smallest absolute Gasteiger partial charge is 0.227 e. The SMILES string of the molecule is COCCOc1ccc(NC(=O)CCOc2ccccc2-c2ccccc2)cn1. The lowest BCUT2D eigenvalue weighted by Gasteiger charge is -2.12. The minimum Gasteiger partial charge on any atom is -0.492 e. The topological polar surface area (TPSA) is 69.7 Å². The number of carbonyl (C=O) groups is 1. The summed E-state index contributed by atoms with van der Waals surface area (Å²) in [6.07, 6.45) is 1.79. The zero-order valence-corrected chi connectivity index (χ0v) is 16.3. The molecule has 29 heavy (non-hydrogen) atoms. The summed E-state index contributed by atoms with van der Waals surface area (Å²) in [5, 5.41) is 2.81. The molecular formula is C23H24N2O4. The zero-order chi connectivity index (χ0) is 20.3. The predicted octanol–water partition coefficient (Wildman–Crippen LogP) is 4.18. The first kappa shape index (κ1) is 20.4. The van der Waals surface area contributed by atoms with E-state index < -0.39 is 0 Å². The van der Waals surface area contributed by atoms with E-state index in [4.69, 9.17) is 14.2 Å². The third-order valence-electron chi connectivity index (χ3n) is 4.12. The van der Waals surface area contributed by atoms with Crippen LogP contribution in [0.3, 0.4) is 0 Å². The first-order chi connectivity index (χ1) is 14.3. The number of para-hydroxylation sites is 1. The molecule has 0 saturated heterocycles. The van der Waals surface area contributed by atoms with E-state index in [9.17, 15) is 4.79 Å². The second-order valence-corrected chi connectivity index (χ2v) is 6.24. The molecular weight excluding hydrogens is 368 g/mol. The van der Waals surface area contributed by atoms with Crippen molar-refractivity contribution in [3.63, 3.8) is 0 Å². The van der Waals surface area contributed by atoms with Crippen molar-refractivity contribution in [1.82, 2.24) is 4.98 Å². The summed E-state index contributed by atoms with van der Waals surface area (Å²) < 4.78 is 16.2. The molecule has 6 heteroatoms. The molecule has 150 valence electrons. The van der Waals surface area contributed by atoms with Crippen LogP contribution in [0.5, 0.6) is 11.6 Å². The van der Waals surface area contributed by atoms with E-state index in [1.165, 1.54) is 0 Å². The van der Waals surface area contributed by atoms with E-state index in [1.807, 2.05) is 54.6 Å². The van der Waals surface area contributed by atoms with Crippen LogP contribution in [-0.2, 0) is 9.53 Å². The van der Waals surface area contributed by atoms with Gasteiger partial charge < -0.3 is 19.5 Å². The van der Waals surface area contributed by atoms with E-state index in [1.54, 1.807) is 25.4 Å². The van der Waals surface area contributed by atoms with E-state index in [-0.39, 0.29) is 18.9 Å². The third-order valence-corrected chi connectivity index (χ3v) is 4.12. The second-order valence-electron chi connectivity index (χ2n) is 6.24. The number of hydrogen-bond acceptors (Lipinski definition) is 5. The Kier molecular flexibility index (Phi) is 7.60. The minimum atomic E-state index is -0.142. The summed E-state index contributed by atoms with van der Waals surface area (Å²) in [5.74, 6) is 1.10. The summed E-state index contributed by atoms with van der Waals surface area (Å²) >= 11 is 0. The molecule has 0 radical (unpaired) electrons. The molecule has 2 aromatic carbocycles. The van der Waals surface area contributed by atoms with Crippen molar-refractivity contribution in [3.8, 4) is 22.8 Å². The Morgan fingerprint density at radius 3 is 2.45 bits per heavy atom. The molecule has 0 fully saturated rings. The maximum absolute atomic E-state index is 12.2. The van der Waals surface area contributed by atoms with Gasteiger partial charge in [-0.3, -0.25) is 4.79 Å². The molecule has 1 N–H and O–H groups in total. The van der Waals surface area contributed by atoms with E-state index in [0.717, 1.165) is 16.9 Å². The maximum atomic E-state index is 12.2. The highest BCUT2D eigenvalue weighted by atomic mass is 16.5. The second kappa shape index (κ2) is 10.8. The van der Waals surface area contributed by atoms with Gasteiger partial charge in [-0.15, -0.1) is 0 Å². The highest BCUT2D eigenvalue weighted by Gasteiger charge is 2.08. The molecule has 6 nitrogen and oxygen atoms in total. The zero-order valence-electron chi connectivity index (χ0n) is 16.3. The van der Waals surface area contributed by atoms with Gasteiger partial charge in [0.15, 0.2) is 0 Å². The number of hydrogen-bond donors (Lipinski definition) is 1. The summed E-state index contributed by atoms with van der Waals surface area (Å²) in [5.41, 5.74) is 2.69. The number of nitrogens with one attached hydrogen (secondary N) is 1. The van der Waals surface area contributed by atoms with Gasteiger partial charge in [0.1, 0.15) is 12.4 Å². The highest BCUT2D eigenvalue weighted by molar-refractivity contribution is 5.90. The van der Waals surface area contributed by atoms with Gasteiger partial charge in [-0.2, -0.15) is 0 Å². The Labute approximate surface area is 170 Å². The number of rotatable bonds is 10. The fraction of sp³-hybridized carbons (Fsp3) is 0.217. The Hall–Kier alpha value is -3.38. The lowest BCUT2D eigenvalue weighted by molar-refractivity contribution is -0.116. The number of carbonyl (C=O) groups excluding carboxylic acids is 1. The van der Waals surface area contributed by atoms with Crippen LogP contribution < -0.4 is 14.8 Å². The number of aromatic nitrogens is 1. The van der Waals surface area contributed by atoms with Crippen LogP contribution in [0, 0.1) is 0 Å². The van der Waals surface area contributed by atoms with Gasteiger partial charge in [0.2, 0.25) is 11.8 Å². The van der Waals surface area contributed by atoms with Gasteiger partial charge in [0, 0.05) is 18.7 Å². The van der Waals surface area contributed by atoms with Crippen molar-refractivity contribution < 1.29 is 19.0 Å². The number of ether oxygens (including phenoxy) is 3. The summed E-state index contributed by atoms with van der Waals surface area (Å²) in [4.78, 5) is 16.3.